The van der Waals surface area contributed by atoms with Crippen molar-refractivity contribution in [3.63, 3.8) is 0 Å². The fourth-order valence-corrected chi connectivity index (χ4v) is 8.04. The standard InChI is InChI=1S/C62H108O6/c1-4-7-10-13-16-19-22-25-28-30-31-32-35-37-40-43-46-49-52-55-61(64)67-58-59(57-66-60(63)54-51-48-45-42-39-36-33-27-24-21-18-15-12-9-6-3)68-62(65)56-53-50-47-44-41-38-34-29-26-23-20-17-14-11-8-5-2/h16,18-19,21,25,27-28,31-33,37,40,59H,4-15,17,20,22-24,26,29-30,34-36,38-39,41-58H2,1-3H3/b19-16+,21-18+,28-25+,32-31+,33-27+,40-37+/t59-/m1/s1. The second-order valence-corrected chi connectivity index (χ2v) is 19.2. The molecule has 1 atom stereocenters. The highest BCUT2D eigenvalue weighted by molar-refractivity contribution is 5.71. The van der Waals surface area contributed by atoms with Crippen molar-refractivity contribution in [2.45, 2.75) is 290 Å². The summed E-state index contributed by atoms with van der Waals surface area (Å²) in [6, 6.07) is 0. The van der Waals surface area contributed by atoms with Crippen molar-refractivity contribution in [2.75, 3.05) is 13.2 Å². The van der Waals surface area contributed by atoms with E-state index >= 15 is 0 Å². The van der Waals surface area contributed by atoms with Crippen LogP contribution < -0.4 is 0 Å². The van der Waals surface area contributed by atoms with Crippen molar-refractivity contribution < 1.29 is 28.6 Å². The van der Waals surface area contributed by atoms with E-state index in [0.29, 0.717) is 19.3 Å². The van der Waals surface area contributed by atoms with Gasteiger partial charge in [0.05, 0.1) is 0 Å². The molecule has 0 spiro atoms. The summed E-state index contributed by atoms with van der Waals surface area (Å²) in [5, 5.41) is 0. The summed E-state index contributed by atoms with van der Waals surface area (Å²) in [5.74, 6) is -0.925. The molecule has 0 bridgehead atoms. The van der Waals surface area contributed by atoms with Crippen LogP contribution in [0.15, 0.2) is 72.9 Å². The summed E-state index contributed by atoms with van der Waals surface area (Å²) >= 11 is 0. The predicted octanol–water partition coefficient (Wildman–Crippen LogP) is 19.4. The lowest BCUT2D eigenvalue weighted by Crippen LogP contribution is -2.30. The zero-order valence-electron chi connectivity index (χ0n) is 44.9. The third-order valence-corrected chi connectivity index (χ3v) is 12.4. The van der Waals surface area contributed by atoms with Gasteiger partial charge in [-0.3, -0.25) is 14.4 Å². The third kappa shape index (κ3) is 53.8. The van der Waals surface area contributed by atoms with Crippen molar-refractivity contribution in [3.05, 3.63) is 72.9 Å². The Kier molecular flexibility index (Phi) is 53.8. The lowest BCUT2D eigenvalue weighted by atomic mass is 10.0. The Hall–Kier alpha value is -3.15. The third-order valence-electron chi connectivity index (χ3n) is 12.4. The molecule has 0 radical (unpaired) electrons. The molecule has 0 saturated carbocycles. The first-order valence-electron chi connectivity index (χ1n) is 28.9. The van der Waals surface area contributed by atoms with Gasteiger partial charge in [0.2, 0.25) is 0 Å². The number of ether oxygens (including phenoxy) is 3. The molecule has 0 unspecified atom stereocenters. The number of carbonyl (C=O) groups excluding carboxylic acids is 3. The van der Waals surface area contributed by atoms with Crippen LogP contribution in [0.5, 0.6) is 0 Å². The topological polar surface area (TPSA) is 78.9 Å². The van der Waals surface area contributed by atoms with Gasteiger partial charge in [0.15, 0.2) is 6.10 Å². The Morgan fingerprint density at radius 1 is 0.294 bits per heavy atom. The molecule has 0 N–H and O–H groups in total. The van der Waals surface area contributed by atoms with Crippen LogP contribution in [-0.4, -0.2) is 37.2 Å². The molecule has 0 aliphatic heterocycles. The Morgan fingerprint density at radius 3 is 0.868 bits per heavy atom. The molecule has 6 heteroatoms. The highest BCUT2D eigenvalue weighted by Crippen LogP contribution is 2.16. The minimum atomic E-state index is -0.793. The van der Waals surface area contributed by atoms with Gasteiger partial charge in [0.25, 0.3) is 0 Å². The maximum Gasteiger partial charge on any atom is 0.306 e. The fourth-order valence-electron chi connectivity index (χ4n) is 8.04. The quantitative estimate of drug-likeness (QED) is 0.0262. The number of esters is 3. The first-order valence-corrected chi connectivity index (χ1v) is 28.9. The molecule has 0 aromatic rings. The molecule has 0 aliphatic rings. The average molecular weight is 950 g/mol. The molecule has 6 nitrogen and oxygen atoms in total. The maximum absolute atomic E-state index is 12.9. The van der Waals surface area contributed by atoms with Crippen LogP contribution in [-0.2, 0) is 28.6 Å². The van der Waals surface area contributed by atoms with Crippen molar-refractivity contribution in [1.82, 2.24) is 0 Å². The minimum Gasteiger partial charge on any atom is -0.462 e. The number of hydrogen-bond acceptors (Lipinski definition) is 6. The molecular weight excluding hydrogens is 841 g/mol. The van der Waals surface area contributed by atoms with E-state index in [1.165, 1.54) is 141 Å². The fraction of sp³-hybridized carbons (Fsp3) is 0.758. The van der Waals surface area contributed by atoms with Crippen molar-refractivity contribution >= 4 is 17.9 Å². The second kappa shape index (κ2) is 56.4. The van der Waals surface area contributed by atoms with Crippen LogP contribution in [0, 0.1) is 0 Å². The summed E-state index contributed by atoms with van der Waals surface area (Å²) < 4.78 is 16.8. The zero-order chi connectivity index (χ0) is 49.3. The molecular formula is C62H108O6. The number of unbranched alkanes of at least 4 members (excludes halogenated alkanes) is 29. The van der Waals surface area contributed by atoms with E-state index in [1.54, 1.807) is 0 Å². The van der Waals surface area contributed by atoms with Gasteiger partial charge in [-0.2, -0.15) is 0 Å². The minimum absolute atomic E-state index is 0.0911. The number of hydrogen-bond donors (Lipinski definition) is 0. The summed E-state index contributed by atoms with van der Waals surface area (Å²) in [6.07, 6.45) is 71.7. The molecule has 0 rings (SSSR count). The van der Waals surface area contributed by atoms with E-state index in [-0.39, 0.29) is 31.1 Å². The summed E-state index contributed by atoms with van der Waals surface area (Å²) in [4.78, 5) is 38.2. The van der Waals surface area contributed by atoms with E-state index in [9.17, 15) is 14.4 Å². The smallest absolute Gasteiger partial charge is 0.306 e. The van der Waals surface area contributed by atoms with Gasteiger partial charge in [0, 0.05) is 19.3 Å². The van der Waals surface area contributed by atoms with Crippen molar-refractivity contribution in [2.24, 2.45) is 0 Å². The number of carbonyl (C=O) groups is 3. The Labute approximate surface area is 421 Å². The van der Waals surface area contributed by atoms with Crippen LogP contribution in [0.1, 0.15) is 284 Å². The Bertz CT molecular complexity index is 1270. The zero-order valence-corrected chi connectivity index (χ0v) is 44.9. The molecule has 0 aliphatic carbocycles. The van der Waals surface area contributed by atoms with Gasteiger partial charge in [-0.1, -0.05) is 241 Å². The normalized spacial score (nSPS) is 12.6. The van der Waals surface area contributed by atoms with Gasteiger partial charge in [0.1, 0.15) is 13.2 Å². The van der Waals surface area contributed by atoms with E-state index in [4.69, 9.17) is 14.2 Å². The molecule has 0 aromatic heterocycles. The molecule has 0 saturated heterocycles. The molecule has 0 amide bonds. The number of rotatable bonds is 52. The van der Waals surface area contributed by atoms with Crippen LogP contribution in [0.2, 0.25) is 0 Å². The molecule has 392 valence electrons. The molecule has 68 heavy (non-hydrogen) atoms. The van der Waals surface area contributed by atoms with Crippen molar-refractivity contribution in [3.8, 4) is 0 Å². The average Bonchev–Trinajstić information content (AvgIpc) is 3.34. The highest BCUT2D eigenvalue weighted by Gasteiger charge is 2.19. The van der Waals surface area contributed by atoms with Gasteiger partial charge in [-0.25, -0.2) is 0 Å². The first-order chi connectivity index (χ1) is 33.5. The predicted molar refractivity (Wildman–Crippen MR) is 293 cm³/mol. The lowest BCUT2D eigenvalue weighted by Gasteiger charge is -2.18. The van der Waals surface area contributed by atoms with E-state index < -0.39 is 6.10 Å². The van der Waals surface area contributed by atoms with Gasteiger partial charge in [-0.15, -0.1) is 0 Å². The Morgan fingerprint density at radius 2 is 0.529 bits per heavy atom. The Balaban J connectivity index is 4.44. The molecule has 0 fully saturated rings. The van der Waals surface area contributed by atoms with Crippen LogP contribution in [0.4, 0.5) is 0 Å². The SMILES string of the molecule is CCCCC/C=C/C/C=C/C/C=C/C/C=C/CCCCCC(=O)OC[C@@H](COC(=O)CCCCCCC/C=C/C/C=C/CCCCC)OC(=O)CCCCCCCCCCCCCCCCCC. The molecule has 0 heterocycles. The highest BCUT2D eigenvalue weighted by atomic mass is 16.6. The summed E-state index contributed by atoms with van der Waals surface area (Å²) in [5.41, 5.74) is 0. The largest absolute Gasteiger partial charge is 0.462 e. The van der Waals surface area contributed by atoms with Crippen molar-refractivity contribution in [1.29, 1.82) is 0 Å². The van der Waals surface area contributed by atoms with Gasteiger partial charge in [-0.05, 0) is 96.3 Å². The van der Waals surface area contributed by atoms with E-state index in [1.807, 2.05) is 0 Å². The van der Waals surface area contributed by atoms with Gasteiger partial charge >= 0.3 is 17.9 Å². The van der Waals surface area contributed by atoms with E-state index in [0.717, 1.165) is 103 Å². The van der Waals surface area contributed by atoms with Crippen LogP contribution in [0.25, 0.3) is 0 Å². The van der Waals surface area contributed by atoms with E-state index in [2.05, 4.69) is 93.7 Å². The monoisotopic (exact) mass is 949 g/mol. The summed E-state index contributed by atoms with van der Waals surface area (Å²) in [6.45, 7) is 6.57. The first kappa shape index (κ1) is 64.8. The van der Waals surface area contributed by atoms with Crippen LogP contribution >= 0.6 is 0 Å². The van der Waals surface area contributed by atoms with Gasteiger partial charge < -0.3 is 14.2 Å². The summed E-state index contributed by atoms with van der Waals surface area (Å²) in [7, 11) is 0. The second-order valence-electron chi connectivity index (χ2n) is 19.2. The number of allylic oxidation sites excluding steroid dienone is 12. The van der Waals surface area contributed by atoms with Crippen LogP contribution in [0.3, 0.4) is 0 Å². The maximum atomic E-state index is 12.9. The lowest BCUT2D eigenvalue weighted by molar-refractivity contribution is -0.167. The molecule has 0 aromatic carbocycles.